The molecule has 3 aliphatic rings. The van der Waals surface area contributed by atoms with Gasteiger partial charge in [-0.3, -0.25) is 9.69 Å². The van der Waals surface area contributed by atoms with Crippen LogP contribution in [0.5, 0.6) is 0 Å². The number of ether oxygens (including phenoxy) is 2. The van der Waals surface area contributed by atoms with Crippen LogP contribution in [0.4, 0.5) is 4.39 Å². The minimum atomic E-state index is -0.341. The summed E-state index contributed by atoms with van der Waals surface area (Å²) in [6.45, 7) is 3.51. The summed E-state index contributed by atoms with van der Waals surface area (Å²) < 4.78 is 25.8. The van der Waals surface area contributed by atoms with Gasteiger partial charge in [0.05, 0.1) is 24.7 Å². The molecule has 33 heavy (non-hydrogen) atoms. The first-order valence-corrected chi connectivity index (χ1v) is 12.5. The normalized spacial score (nSPS) is 27.4. The zero-order chi connectivity index (χ0) is 23.0. The second-order valence-electron chi connectivity index (χ2n) is 9.63. The van der Waals surface area contributed by atoms with Crippen LogP contribution in [-0.4, -0.2) is 42.7 Å². The van der Waals surface area contributed by atoms with Crippen molar-refractivity contribution in [2.24, 2.45) is 5.92 Å². The Labute approximate surface area is 200 Å². The minimum absolute atomic E-state index is 0.160. The highest BCUT2D eigenvalue weighted by atomic mass is 35.5. The van der Waals surface area contributed by atoms with E-state index in [4.69, 9.17) is 21.1 Å². The van der Waals surface area contributed by atoms with Crippen molar-refractivity contribution in [1.82, 2.24) is 4.90 Å². The van der Waals surface area contributed by atoms with E-state index in [9.17, 15) is 9.18 Å². The number of nitrogens with zero attached hydrogens (tertiary/aromatic N) is 1. The highest BCUT2D eigenvalue weighted by Crippen LogP contribution is 2.50. The van der Waals surface area contributed by atoms with Gasteiger partial charge >= 0.3 is 5.97 Å². The fraction of sp³-hybridized carbons (Fsp3) is 0.519. The zero-order valence-electron chi connectivity index (χ0n) is 19.1. The lowest BCUT2D eigenvalue weighted by atomic mass is 9.76. The van der Waals surface area contributed by atoms with Crippen molar-refractivity contribution < 1.29 is 18.7 Å². The van der Waals surface area contributed by atoms with Crippen molar-refractivity contribution in [2.45, 2.75) is 63.1 Å². The predicted octanol–water partition coefficient (Wildman–Crippen LogP) is 5.30. The molecule has 0 saturated carbocycles. The summed E-state index contributed by atoms with van der Waals surface area (Å²) in [5.41, 5.74) is 2.87. The lowest BCUT2D eigenvalue weighted by Crippen LogP contribution is -2.54. The number of rotatable bonds is 6. The second kappa shape index (κ2) is 9.36. The molecule has 2 fully saturated rings. The molecule has 3 unspecified atom stereocenters. The molecular weight excluding hydrogens is 441 g/mol. The van der Waals surface area contributed by atoms with E-state index in [0.717, 1.165) is 48.8 Å². The van der Waals surface area contributed by atoms with Crippen LogP contribution in [0.3, 0.4) is 0 Å². The lowest BCUT2D eigenvalue weighted by molar-refractivity contribution is -0.151. The van der Waals surface area contributed by atoms with Gasteiger partial charge in [-0.05, 0) is 80.3 Å². The third-order valence-electron chi connectivity index (χ3n) is 7.69. The Morgan fingerprint density at radius 1 is 1.24 bits per heavy atom. The van der Waals surface area contributed by atoms with Crippen LogP contribution in [0.25, 0.3) is 0 Å². The quantitative estimate of drug-likeness (QED) is 0.536. The minimum Gasteiger partial charge on any atom is -0.466 e. The summed E-state index contributed by atoms with van der Waals surface area (Å²) in [6, 6.07) is 13.6. The van der Waals surface area contributed by atoms with Crippen molar-refractivity contribution in [3.8, 4) is 0 Å². The van der Waals surface area contributed by atoms with E-state index < -0.39 is 0 Å². The molecule has 0 amide bonds. The van der Waals surface area contributed by atoms with E-state index >= 15 is 0 Å². The Bertz CT molecular complexity index is 1010. The molecule has 2 bridgehead atoms. The molecule has 176 valence electrons. The zero-order valence-corrected chi connectivity index (χ0v) is 19.8. The van der Waals surface area contributed by atoms with Gasteiger partial charge in [0.2, 0.25) is 0 Å². The molecule has 0 aromatic heterocycles. The van der Waals surface area contributed by atoms with Crippen molar-refractivity contribution in [3.63, 3.8) is 0 Å². The fourth-order valence-corrected chi connectivity index (χ4v) is 6.46. The smallest absolute Gasteiger partial charge is 0.310 e. The van der Waals surface area contributed by atoms with Crippen LogP contribution in [0.15, 0.2) is 42.5 Å². The fourth-order valence-electron chi connectivity index (χ4n) is 6.25. The second-order valence-corrected chi connectivity index (χ2v) is 10.0. The summed E-state index contributed by atoms with van der Waals surface area (Å²) in [7, 11) is 0. The van der Waals surface area contributed by atoms with Crippen LogP contribution in [0.1, 0.15) is 49.3 Å². The number of piperidine rings is 1. The summed E-state index contributed by atoms with van der Waals surface area (Å²) in [6.07, 6.45) is 5.27. The number of hydrogen-bond acceptors (Lipinski definition) is 4. The summed E-state index contributed by atoms with van der Waals surface area (Å²) in [5, 5.41) is 0.687. The monoisotopic (exact) mass is 471 g/mol. The molecule has 2 aromatic rings. The standard InChI is InChI=1S/C27H31ClFNO3/c1-2-32-26(31)20(13-19-5-3-4-6-25(19)28)17-30-22-8-9-23(30)16-27(15-22)24-10-7-21(29)14-18(24)11-12-33-27/h3-7,10,14,20,22-23H,2,8-9,11-13,15-17H2,1H3. The SMILES string of the molecule is CCOC(=O)C(Cc1ccccc1Cl)CN1C2CCC1CC1(C2)OCCc2cc(F)ccc21. The molecule has 0 radical (unpaired) electrons. The molecule has 2 aromatic carbocycles. The lowest BCUT2D eigenvalue weighted by Gasteiger charge is -2.49. The molecule has 3 aliphatic heterocycles. The maximum absolute atomic E-state index is 13.9. The van der Waals surface area contributed by atoms with Gasteiger partial charge in [0.1, 0.15) is 5.82 Å². The van der Waals surface area contributed by atoms with Crippen molar-refractivity contribution in [2.75, 3.05) is 19.8 Å². The van der Waals surface area contributed by atoms with Crippen molar-refractivity contribution in [1.29, 1.82) is 0 Å². The number of hydrogen-bond donors (Lipinski definition) is 0. The first-order chi connectivity index (χ1) is 16.0. The molecule has 3 atom stereocenters. The van der Waals surface area contributed by atoms with Gasteiger partial charge < -0.3 is 9.47 Å². The first kappa shape index (κ1) is 22.8. The number of halogens is 2. The van der Waals surface area contributed by atoms with Gasteiger partial charge in [-0.2, -0.15) is 0 Å². The molecule has 3 heterocycles. The van der Waals surface area contributed by atoms with Crippen molar-refractivity contribution >= 4 is 17.6 Å². The predicted molar refractivity (Wildman–Crippen MR) is 126 cm³/mol. The number of fused-ring (bicyclic) bond motifs is 4. The van der Waals surface area contributed by atoms with E-state index in [1.165, 1.54) is 0 Å². The maximum atomic E-state index is 13.9. The summed E-state index contributed by atoms with van der Waals surface area (Å²) in [5.74, 6) is -0.606. The number of carbonyl (C=O) groups excluding carboxylic acids is 1. The van der Waals surface area contributed by atoms with Crippen LogP contribution in [-0.2, 0) is 32.7 Å². The summed E-state index contributed by atoms with van der Waals surface area (Å²) >= 11 is 6.41. The van der Waals surface area contributed by atoms with Crippen LogP contribution in [0, 0.1) is 11.7 Å². The molecule has 0 N–H and O–H groups in total. The van der Waals surface area contributed by atoms with Gasteiger partial charge in [0, 0.05) is 23.7 Å². The van der Waals surface area contributed by atoms with Crippen LogP contribution >= 0.6 is 11.6 Å². The van der Waals surface area contributed by atoms with E-state index in [2.05, 4.69) is 4.90 Å². The molecular formula is C27H31ClFNO3. The molecule has 5 rings (SSSR count). The largest absolute Gasteiger partial charge is 0.466 e. The van der Waals surface area contributed by atoms with Gasteiger partial charge in [-0.25, -0.2) is 4.39 Å². The third kappa shape index (κ3) is 4.43. The Morgan fingerprint density at radius 2 is 2.00 bits per heavy atom. The molecule has 4 nitrogen and oxygen atoms in total. The average Bonchev–Trinajstić information content (AvgIpc) is 3.04. The van der Waals surface area contributed by atoms with Gasteiger partial charge in [0.15, 0.2) is 0 Å². The Morgan fingerprint density at radius 3 is 2.73 bits per heavy atom. The van der Waals surface area contributed by atoms with Crippen molar-refractivity contribution in [3.05, 3.63) is 70.0 Å². The average molecular weight is 472 g/mol. The Hall–Kier alpha value is -1.95. The maximum Gasteiger partial charge on any atom is 0.310 e. The molecule has 0 aliphatic carbocycles. The van der Waals surface area contributed by atoms with E-state index in [0.29, 0.717) is 43.3 Å². The molecule has 1 spiro atoms. The van der Waals surface area contributed by atoms with Gasteiger partial charge in [0.25, 0.3) is 0 Å². The number of esters is 1. The Kier molecular flexibility index (Phi) is 6.47. The van der Waals surface area contributed by atoms with Crippen LogP contribution < -0.4 is 0 Å². The highest BCUT2D eigenvalue weighted by Gasteiger charge is 2.52. The van der Waals surface area contributed by atoms with Gasteiger partial charge in [-0.1, -0.05) is 35.9 Å². The highest BCUT2D eigenvalue weighted by molar-refractivity contribution is 6.31. The topological polar surface area (TPSA) is 38.8 Å². The first-order valence-electron chi connectivity index (χ1n) is 12.1. The molecule has 6 heteroatoms. The van der Waals surface area contributed by atoms with E-state index in [1.807, 2.05) is 37.3 Å². The van der Waals surface area contributed by atoms with E-state index in [-0.39, 0.29) is 23.3 Å². The number of benzene rings is 2. The summed E-state index contributed by atoms with van der Waals surface area (Å²) in [4.78, 5) is 15.4. The van der Waals surface area contributed by atoms with Gasteiger partial charge in [-0.15, -0.1) is 0 Å². The van der Waals surface area contributed by atoms with Crippen LogP contribution in [0.2, 0.25) is 5.02 Å². The Balaban J connectivity index is 1.37. The molecule has 2 saturated heterocycles. The number of carbonyl (C=O) groups is 1. The van der Waals surface area contributed by atoms with E-state index in [1.54, 1.807) is 12.1 Å². The third-order valence-corrected chi connectivity index (χ3v) is 8.05.